The Morgan fingerprint density at radius 3 is 1.95 bits per heavy atom. The highest BCUT2D eigenvalue weighted by molar-refractivity contribution is 6.12. The quantitative estimate of drug-likeness (QED) is 0.177. The summed E-state index contributed by atoms with van der Waals surface area (Å²) in [5, 5.41) is 2.32. The fourth-order valence-electron chi connectivity index (χ4n) is 12.7. The van der Waals surface area contributed by atoms with E-state index in [1.807, 2.05) is 0 Å². The van der Waals surface area contributed by atoms with Crippen molar-refractivity contribution in [1.82, 2.24) is 0 Å². The molecule has 4 aliphatic carbocycles. The third-order valence-electron chi connectivity index (χ3n) is 15.4. The lowest BCUT2D eigenvalue weighted by atomic mass is 9.67. The van der Waals surface area contributed by atoms with Gasteiger partial charge in [-0.05, 0) is 154 Å². The Bertz CT molecular complexity index is 3110. The van der Waals surface area contributed by atoms with E-state index in [1.54, 1.807) is 5.56 Å². The maximum Gasteiger partial charge on any atom is 0.159 e. The van der Waals surface area contributed by atoms with Crippen LogP contribution in [-0.4, -0.2) is 0 Å². The van der Waals surface area contributed by atoms with Crippen LogP contribution >= 0.6 is 0 Å². The van der Waals surface area contributed by atoms with Gasteiger partial charge in [-0.1, -0.05) is 138 Å². The van der Waals surface area contributed by atoms with Crippen molar-refractivity contribution in [2.75, 3.05) is 4.90 Å². The molecular formula is C58H53NO. The zero-order valence-electron chi connectivity index (χ0n) is 36.0. The van der Waals surface area contributed by atoms with E-state index in [0.29, 0.717) is 5.92 Å². The van der Waals surface area contributed by atoms with E-state index < -0.39 is 0 Å². The number of para-hydroxylation sites is 1. The lowest BCUT2D eigenvalue weighted by Gasteiger charge is -2.37. The van der Waals surface area contributed by atoms with Crippen molar-refractivity contribution in [3.05, 3.63) is 172 Å². The number of benzene rings is 7. The Morgan fingerprint density at radius 2 is 1.25 bits per heavy atom. The van der Waals surface area contributed by atoms with Crippen LogP contribution in [0, 0.1) is 25.7 Å². The molecule has 1 spiro atoms. The first-order valence-corrected chi connectivity index (χ1v) is 22.3. The van der Waals surface area contributed by atoms with Crippen molar-refractivity contribution in [3.63, 3.8) is 0 Å². The highest BCUT2D eigenvalue weighted by Gasteiger charge is 2.56. The minimum Gasteiger partial charge on any atom is -0.454 e. The molecule has 2 nitrogen and oxygen atoms in total. The molecule has 4 aliphatic rings. The van der Waals surface area contributed by atoms with Crippen LogP contribution < -0.4 is 4.90 Å². The molecular weight excluding hydrogens is 727 g/mol. The number of furan rings is 1. The van der Waals surface area contributed by atoms with Crippen molar-refractivity contribution in [1.29, 1.82) is 0 Å². The summed E-state index contributed by atoms with van der Waals surface area (Å²) in [5.74, 6) is 1.50. The van der Waals surface area contributed by atoms with Crippen molar-refractivity contribution in [2.45, 2.75) is 90.4 Å². The predicted molar refractivity (Wildman–Crippen MR) is 251 cm³/mol. The molecule has 296 valence electrons. The number of aryl methyl sites for hydroxylation is 2. The second-order valence-electron chi connectivity index (χ2n) is 20.3. The van der Waals surface area contributed by atoms with Crippen LogP contribution in [0.4, 0.5) is 17.1 Å². The van der Waals surface area contributed by atoms with Crippen LogP contribution in [0.5, 0.6) is 0 Å². The van der Waals surface area contributed by atoms with Crippen LogP contribution in [0.1, 0.15) is 99.2 Å². The lowest BCUT2D eigenvalue weighted by molar-refractivity contribution is 0.327. The van der Waals surface area contributed by atoms with Gasteiger partial charge in [-0.15, -0.1) is 0 Å². The van der Waals surface area contributed by atoms with E-state index >= 15 is 0 Å². The molecule has 0 amide bonds. The summed E-state index contributed by atoms with van der Waals surface area (Å²) in [6.07, 6.45) is 5.30. The number of hydrogen-bond donors (Lipinski definition) is 0. The van der Waals surface area contributed by atoms with Crippen LogP contribution in [0.2, 0.25) is 0 Å². The highest BCUT2D eigenvalue weighted by atomic mass is 16.3. The molecule has 2 heteroatoms. The topological polar surface area (TPSA) is 16.4 Å². The molecule has 12 rings (SSSR count). The molecule has 0 radical (unpaired) electrons. The standard InChI is InChI=1S/C58H53NO/c1-34-19-24-41(35(2)27-34)37-29-47-46-15-12-18-53(55(46)60-54(47)52(30-37)56(3,4)5)59(39-22-25-44-42-13-8-10-16-48(42)57(6,7)50(44)31-39)40-23-26-45-43-14-9-11-17-49(43)58(51(45)32-40)33-36-20-21-38(58)28-36/h8-19,22-27,29-32,36,38H,20-21,28,33H2,1-7H3. The molecule has 60 heavy (non-hydrogen) atoms. The molecule has 1 aromatic heterocycles. The summed E-state index contributed by atoms with van der Waals surface area (Å²) in [6, 6.07) is 51.3. The fourth-order valence-corrected chi connectivity index (χ4v) is 12.7. The van der Waals surface area contributed by atoms with Gasteiger partial charge in [-0.3, -0.25) is 0 Å². The van der Waals surface area contributed by atoms with E-state index in [1.165, 1.54) is 104 Å². The van der Waals surface area contributed by atoms with Crippen molar-refractivity contribution < 1.29 is 4.42 Å². The number of nitrogens with zero attached hydrogens (tertiary/aromatic N) is 1. The minimum absolute atomic E-state index is 0.0790. The van der Waals surface area contributed by atoms with Crippen LogP contribution in [-0.2, 0) is 16.2 Å². The molecule has 0 N–H and O–H groups in total. The molecule has 2 fully saturated rings. The van der Waals surface area contributed by atoms with Crippen LogP contribution in [0.25, 0.3) is 55.3 Å². The normalized spacial score (nSPS) is 20.5. The molecule has 3 unspecified atom stereocenters. The molecule has 0 aliphatic heterocycles. The maximum absolute atomic E-state index is 7.32. The van der Waals surface area contributed by atoms with Crippen LogP contribution in [0.15, 0.2) is 138 Å². The first-order valence-electron chi connectivity index (χ1n) is 22.3. The van der Waals surface area contributed by atoms with E-state index in [9.17, 15) is 0 Å². The Labute approximate surface area is 354 Å². The summed E-state index contributed by atoms with van der Waals surface area (Å²) in [7, 11) is 0. The predicted octanol–water partition coefficient (Wildman–Crippen LogP) is 16.0. The van der Waals surface area contributed by atoms with Crippen LogP contribution in [0.3, 0.4) is 0 Å². The van der Waals surface area contributed by atoms with Gasteiger partial charge < -0.3 is 9.32 Å². The van der Waals surface area contributed by atoms with Gasteiger partial charge in [0.25, 0.3) is 0 Å². The van der Waals surface area contributed by atoms with Gasteiger partial charge in [0.05, 0.1) is 5.69 Å². The molecule has 1 heterocycles. The molecule has 2 saturated carbocycles. The average Bonchev–Trinajstić information content (AvgIpc) is 4.05. The van der Waals surface area contributed by atoms with Gasteiger partial charge in [0.15, 0.2) is 5.58 Å². The Balaban J connectivity index is 1.12. The maximum atomic E-state index is 7.32. The Morgan fingerprint density at radius 1 is 0.583 bits per heavy atom. The summed E-state index contributed by atoms with van der Waals surface area (Å²) < 4.78 is 7.32. The van der Waals surface area contributed by atoms with Gasteiger partial charge in [0.2, 0.25) is 0 Å². The average molecular weight is 780 g/mol. The van der Waals surface area contributed by atoms with Crippen molar-refractivity contribution in [2.24, 2.45) is 11.8 Å². The second kappa shape index (κ2) is 12.4. The van der Waals surface area contributed by atoms with Crippen molar-refractivity contribution >= 4 is 39.0 Å². The fraction of sp³-hybridized carbons (Fsp3) is 0.276. The number of anilines is 3. The molecule has 0 saturated heterocycles. The van der Waals surface area contributed by atoms with E-state index in [-0.39, 0.29) is 16.2 Å². The summed E-state index contributed by atoms with van der Waals surface area (Å²) >= 11 is 0. The molecule has 2 bridgehead atoms. The highest BCUT2D eigenvalue weighted by Crippen LogP contribution is 2.66. The third kappa shape index (κ3) is 4.88. The Kier molecular flexibility index (Phi) is 7.42. The monoisotopic (exact) mass is 779 g/mol. The first kappa shape index (κ1) is 36.0. The SMILES string of the molecule is Cc1ccc(-c2cc(C(C)(C)C)c3oc4c(N(c5ccc6c(c5)C(C)(C)c5ccccc5-6)c5ccc6c(c5)C5(CC7CCC5C7)c5ccccc5-6)cccc4c3c2)c(C)c1. The second-order valence-corrected chi connectivity index (χ2v) is 20.3. The van der Waals surface area contributed by atoms with E-state index in [0.717, 1.165) is 33.8 Å². The number of rotatable bonds is 4. The van der Waals surface area contributed by atoms with Gasteiger partial charge in [0.1, 0.15) is 5.58 Å². The minimum atomic E-state index is -0.134. The van der Waals surface area contributed by atoms with Crippen molar-refractivity contribution in [3.8, 4) is 33.4 Å². The molecule has 3 atom stereocenters. The third-order valence-corrected chi connectivity index (χ3v) is 15.4. The largest absolute Gasteiger partial charge is 0.454 e. The van der Waals surface area contributed by atoms with Gasteiger partial charge in [-0.25, -0.2) is 0 Å². The van der Waals surface area contributed by atoms with E-state index in [2.05, 4.69) is 187 Å². The van der Waals surface area contributed by atoms with Gasteiger partial charge in [0, 0.05) is 38.5 Å². The Hall–Kier alpha value is -5.86. The summed E-state index contributed by atoms with van der Waals surface area (Å²) in [6.45, 7) is 16.1. The lowest BCUT2D eigenvalue weighted by Crippen LogP contribution is -2.32. The molecule has 7 aromatic carbocycles. The molecule has 8 aromatic rings. The zero-order valence-corrected chi connectivity index (χ0v) is 36.0. The first-order chi connectivity index (χ1) is 28.9. The number of hydrogen-bond acceptors (Lipinski definition) is 2. The smallest absolute Gasteiger partial charge is 0.159 e. The number of fused-ring (bicyclic) bond motifs is 14. The van der Waals surface area contributed by atoms with Gasteiger partial charge >= 0.3 is 0 Å². The van der Waals surface area contributed by atoms with E-state index in [4.69, 9.17) is 4.42 Å². The zero-order chi connectivity index (χ0) is 40.9. The summed E-state index contributed by atoms with van der Waals surface area (Å²) in [5.41, 5.74) is 22.9. The van der Waals surface area contributed by atoms with Gasteiger partial charge in [-0.2, -0.15) is 0 Å². The summed E-state index contributed by atoms with van der Waals surface area (Å²) in [4.78, 5) is 2.52.